The first-order chi connectivity index (χ1) is 8.49. The van der Waals surface area contributed by atoms with Crippen molar-refractivity contribution in [2.45, 2.75) is 57.8 Å². The molecule has 2 rings (SSSR count). The van der Waals surface area contributed by atoms with Crippen LogP contribution in [0, 0.1) is 5.92 Å². The van der Waals surface area contributed by atoms with Crippen LogP contribution in [0.2, 0.25) is 0 Å². The third kappa shape index (κ3) is 3.02. The molecule has 102 valence electrons. The second-order valence-electron chi connectivity index (χ2n) is 5.64. The Labute approximate surface area is 107 Å². The van der Waals surface area contributed by atoms with Crippen molar-refractivity contribution in [1.29, 1.82) is 0 Å². The molecule has 2 fully saturated rings. The van der Waals surface area contributed by atoms with Gasteiger partial charge in [0.25, 0.3) is 5.91 Å². The normalized spacial score (nSPS) is 27.5. The lowest BCUT2D eigenvalue weighted by molar-refractivity contribution is -0.155. The molecule has 0 unspecified atom stereocenters. The predicted molar refractivity (Wildman–Crippen MR) is 65.1 cm³/mol. The Morgan fingerprint density at radius 2 is 1.83 bits per heavy atom. The number of carbonyl (C=O) groups is 2. The van der Waals surface area contributed by atoms with Crippen LogP contribution in [0.15, 0.2) is 0 Å². The SMILES string of the molecule is CC(C)CN(C(=O)[C@@H]1CC[C@H](C(=O)O)O1)C1CC1. The third-order valence-electron chi connectivity index (χ3n) is 3.40. The van der Waals surface area contributed by atoms with Crippen LogP contribution in [-0.2, 0) is 14.3 Å². The van der Waals surface area contributed by atoms with Gasteiger partial charge in [0.1, 0.15) is 6.10 Å². The molecule has 1 amide bonds. The summed E-state index contributed by atoms with van der Waals surface area (Å²) in [7, 11) is 0. The minimum Gasteiger partial charge on any atom is -0.479 e. The molecule has 0 bridgehead atoms. The first-order valence-electron chi connectivity index (χ1n) is 6.67. The van der Waals surface area contributed by atoms with Crippen molar-refractivity contribution in [2.24, 2.45) is 5.92 Å². The lowest BCUT2D eigenvalue weighted by atomic mass is 10.1. The first-order valence-corrected chi connectivity index (χ1v) is 6.67. The predicted octanol–water partition coefficient (Wildman–Crippen LogP) is 1.27. The quantitative estimate of drug-likeness (QED) is 0.803. The van der Waals surface area contributed by atoms with Crippen molar-refractivity contribution in [3.8, 4) is 0 Å². The second kappa shape index (κ2) is 5.26. The summed E-state index contributed by atoms with van der Waals surface area (Å²) in [6.45, 7) is 4.90. The molecular weight excluding hydrogens is 234 g/mol. The fraction of sp³-hybridized carbons (Fsp3) is 0.846. The number of hydrogen-bond donors (Lipinski definition) is 1. The van der Waals surface area contributed by atoms with Gasteiger partial charge in [-0.2, -0.15) is 0 Å². The molecule has 0 aromatic heterocycles. The fourth-order valence-corrected chi connectivity index (χ4v) is 2.38. The van der Waals surface area contributed by atoms with Gasteiger partial charge >= 0.3 is 5.97 Å². The molecule has 1 saturated heterocycles. The lowest BCUT2D eigenvalue weighted by Gasteiger charge is -2.27. The Morgan fingerprint density at radius 3 is 2.28 bits per heavy atom. The monoisotopic (exact) mass is 255 g/mol. The fourth-order valence-electron chi connectivity index (χ4n) is 2.38. The Balaban J connectivity index is 1.94. The minimum atomic E-state index is -0.966. The number of rotatable bonds is 5. The molecule has 0 aromatic carbocycles. The maximum atomic E-state index is 12.3. The largest absolute Gasteiger partial charge is 0.479 e. The molecule has 1 heterocycles. The maximum absolute atomic E-state index is 12.3. The van der Waals surface area contributed by atoms with Gasteiger partial charge in [-0.3, -0.25) is 4.79 Å². The highest BCUT2D eigenvalue weighted by Gasteiger charge is 2.41. The smallest absolute Gasteiger partial charge is 0.332 e. The van der Waals surface area contributed by atoms with E-state index in [0.29, 0.717) is 24.8 Å². The number of nitrogens with zero attached hydrogens (tertiary/aromatic N) is 1. The Morgan fingerprint density at radius 1 is 1.22 bits per heavy atom. The second-order valence-corrected chi connectivity index (χ2v) is 5.64. The molecule has 1 aliphatic heterocycles. The Kier molecular flexibility index (Phi) is 3.90. The number of ether oxygens (including phenoxy) is 1. The van der Waals surface area contributed by atoms with E-state index < -0.39 is 18.2 Å². The highest BCUT2D eigenvalue weighted by atomic mass is 16.5. The van der Waals surface area contributed by atoms with Crippen LogP contribution in [0.25, 0.3) is 0 Å². The van der Waals surface area contributed by atoms with Gasteiger partial charge in [0.2, 0.25) is 0 Å². The summed E-state index contributed by atoms with van der Waals surface area (Å²) in [6, 6.07) is 0.354. The van der Waals surface area contributed by atoms with Crippen LogP contribution in [0.4, 0.5) is 0 Å². The zero-order chi connectivity index (χ0) is 13.3. The Hall–Kier alpha value is -1.10. The summed E-state index contributed by atoms with van der Waals surface area (Å²) in [5.41, 5.74) is 0. The van der Waals surface area contributed by atoms with Crippen LogP contribution >= 0.6 is 0 Å². The van der Waals surface area contributed by atoms with E-state index in [9.17, 15) is 9.59 Å². The molecular formula is C13H21NO4. The molecule has 1 aliphatic carbocycles. The van der Waals surface area contributed by atoms with Crippen molar-refractivity contribution in [1.82, 2.24) is 4.90 Å². The van der Waals surface area contributed by atoms with Gasteiger partial charge in [-0.25, -0.2) is 4.79 Å². The summed E-state index contributed by atoms with van der Waals surface area (Å²) in [5, 5.41) is 8.87. The van der Waals surface area contributed by atoms with E-state index >= 15 is 0 Å². The van der Waals surface area contributed by atoms with Gasteiger partial charge in [0, 0.05) is 12.6 Å². The molecule has 5 heteroatoms. The average Bonchev–Trinajstić information content (AvgIpc) is 3.00. The van der Waals surface area contributed by atoms with Crippen LogP contribution in [0.3, 0.4) is 0 Å². The average molecular weight is 255 g/mol. The first kappa shape index (κ1) is 13.3. The number of amides is 1. The number of carboxylic acids is 1. The van der Waals surface area contributed by atoms with Crippen LogP contribution in [0.1, 0.15) is 39.5 Å². The van der Waals surface area contributed by atoms with Crippen molar-refractivity contribution in [3.05, 3.63) is 0 Å². The lowest BCUT2D eigenvalue weighted by Crippen LogP contribution is -2.43. The molecule has 0 radical (unpaired) electrons. The number of aliphatic carboxylic acids is 1. The van der Waals surface area contributed by atoms with Gasteiger partial charge in [-0.05, 0) is 31.6 Å². The molecule has 0 aromatic rings. The zero-order valence-electron chi connectivity index (χ0n) is 11.0. The van der Waals surface area contributed by atoms with E-state index in [0.717, 1.165) is 19.4 Å². The standard InChI is InChI=1S/C13H21NO4/c1-8(2)7-14(9-3-4-9)12(15)10-5-6-11(18-10)13(16)17/h8-11H,3-7H2,1-2H3,(H,16,17)/t10-,11+/m0/s1. The third-order valence-corrected chi connectivity index (χ3v) is 3.40. The van der Waals surface area contributed by atoms with Crippen molar-refractivity contribution in [3.63, 3.8) is 0 Å². The zero-order valence-corrected chi connectivity index (χ0v) is 11.0. The van der Waals surface area contributed by atoms with E-state index in [1.165, 1.54) is 0 Å². The molecule has 18 heavy (non-hydrogen) atoms. The molecule has 1 saturated carbocycles. The minimum absolute atomic E-state index is 0.0186. The summed E-state index contributed by atoms with van der Waals surface area (Å²) in [6.07, 6.45) is 1.73. The molecule has 5 nitrogen and oxygen atoms in total. The van der Waals surface area contributed by atoms with Gasteiger partial charge in [-0.1, -0.05) is 13.8 Å². The van der Waals surface area contributed by atoms with Crippen LogP contribution < -0.4 is 0 Å². The number of carboxylic acid groups (broad SMARTS) is 1. The van der Waals surface area contributed by atoms with Crippen molar-refractivity contribution < 1.29 is 19.4 Å². The van der Waals surface area contributed by atoms with E-state index in [4.69, 9.17) is 9.84 Å². The number of hydrogen-bond acceptors (Lipinski definition) is 3. The Bertz CT molecular complexity index is 338. The summed E-state index contributed by atoms with van der Waals surface area (Å²) >= 11 is 0. The maximum Gasteiger partial charge on any atom is 0.332 e. The summed E-state index contributed by atoms with van der Waals surface area (Å²) in [5.74, 6) is -0.562. The molecule has 2 atom stereocenters. The van der Waals surface area contributed by atoms with Gasteiger partial charge in [-0.15, -0.1) is 0 Å². The van der Waals surface area contributed by atoms with E-state index in [2.05, 4.69) is 13.8 Å². The van der Waals surface area contributed by atoms with Crippen molar-refractivity contribution in [2.75, 3.05) is 6.54 Å². The van der Waals surface area contributed by atoms with Gasteiger partial charge < -0.3 is 14.7 Å². The van der Waals surface area contributed by atoms with Gasteiger partial charge in [0.05, 0.1) is 0 Å². The van der Waals surface area contributed by atoms with Crippen LogP contribution in [0.5, 0.6) is 0 Å². The highest BCUT2D eigenvalue weighted by molar-refractivity contribution is 5.83. The van der Waals surface area contributed by atoms with Gasteiger partial charge in [0.15, 0.2) is 6.10 Å². The van der Waals surface area contributed by atoms with Crippen molar-refractivity contribution >= 4 is 11.9 Å². The van der Waals surface area contributed by atoms with E-state index in [1.807, 2.05) is 4.90 Å². The van der Waals surface area contributed by atoms with Crippen LogP contribution in [-0.4, -0.2) is 46.7 Å². The highest BCUT2D eigenvalue weighted by Crippen LogP contribution is 2.30. The van der Waals surface area contributed by atoms with E-state index in [-0.39, 0.29) is 5.91 Å². The van der Waals surface area contributed by atoms with E-state index in [1.54, 1.807) is 0 Å². The molecule has 0 spiro atoms. The molecule has 2 aliphatic rings. The number of carbonyl (C=O) groups excluding carboxylic acids is 1. The topological polar surface area (TPSA) is 66.8 Å². The molecule has 1 N–H and O–H groups in total. The summed E-state index contributed by atoms with van der Waals surface area (Å²) in [4.78, 5) is 25.0. The summed E-state index contributed by atoms with van der Waals surface area (Å²) < 4.78 is 5.33.